The third-order valence-corrected chi connectivity index (χ3v) is 6.60. The molecule has 0 N–H and O–H groups in total. The van der Waals surface area contributed by atoms with Gasteiger partial charge in [0, 0.05) is 10.9 Å². The highest BCUT2D eigenvalue weighted by Crippen LogP contribution is 2.33. The molecule has 1 fully saturated rings. The molecule has 3 aromatic rings. The molecule has 0 radical (unpaired) electrons. The van der Waals surface area contributed by atoms with Gasteiger partial charge < -0.3 is 4.74 Å². The van der Waals surface area contributed by atoms with Gasteiger partial charge in [0.25, 0.3) is 5.56 Å². The Labute approximate surface area is 174 Å². The van der Waals surface area contributed by atoms with Crippen molar-refractivity contribution in [3.05, 3.63) is 51.4 Å². The number of aromatic nitrogens is 2. The smallest absolute Gasteiger partial charge is 0.326 e. The minimum atomic E-state index is -0.365. The van der Waals surface area contributed by atoms with E-state index in [2.05, 4.69) is 24.9 Å². The lowest BCUT2D eigenvalue weighted by molar-refractivity contribution is -0.152. The van der Waals surface area contributed by atoms with Crippen LogP contribution >= 0.6 is 11.3 Å². The largest absolute Gasteiger partial charge is 0.461 e. The number of fused-ring (bicyclic) bond motifs is 1. The summed E-state index contributed by atoms with van der Waals surface area (Å²) < 4.78 is 7.01. The van der Waals surface area contributed by atoms with Crippen LogP contribution in [0.5, 0.6) is 0 Å². The van der Waals surface area contributed by atoms with Crippen LogP contribution in [0.1, 0.15) is 43.7 Å². The summed E-state index contributed by atoms with van der Waals surface area (Å²) in [6.45, 7) is 6.18. The monoisotopic (exact) mass is 410 g/mol. The van der Waals surface area contributed by atoms with E-state index in [0.29, 0.717) is 16.1 Å². The second kappa shape index (κ2) is 8.11. The van der Waals surface area contributed by atoms with Gasteiger partial charge in [-0.15, -0.1) is 11.3 Å². The van der Waals surface area contributed by atoms with E-state index in [1.165, 1.54) is 34.2 Å². The second-order valence-electron chi connectivity index (χ2n) is 8.21. The van der Waals surface area contributed by atoms with E-state index in [1.54, 1.807) is 0 Å². The van der Waals surface area contributed by atoms with Crippen molar-refractivity contribution in [2.24, 2.45) is 5.92 Å². The summed E-state index contributed by atoms with van der Waals surface area (Å²) in [5, 5.41) is 2.55. The molecule has 29 heavy (non-hydrogen) atoms. The lowest BCUT2D eigenvalue weighted by Crippen LogP contribution is -2.30. The summed E-state index contributed by atoms with van der Waals surface area (Å²) in [6, 6.07) is 6.20. The van der Waals surface area contributed by atoms with Crippen molar-refractivity contribution >= 4 is 27.5 Å². The summed E-state index contributed by atoms with van der Waals surface area (Å²) in [6.07, 6.45) is 5.50. The van der Waals surface area contributed by atoms with Crippen molar-refractivity contribution in [1.82, 2.24) is 9.55 Å². The van der Waals surface area contributed by atoms with Gasteiger partial charge in [-0.1, -0.05) is 37.1 Å². The maximum atomic E-state index is 13.2. The molecule has 2 heterocycles. The van der Waals surface area contributed by atoms with E-state index in [1.807, 2.05) is 24.4 Å². The zero-order valence-corrected chi connectivity index (χ0v) is 17.9. The number of rotatable bonds is 4. The number of hydrogen-bond acceptors (Lipinski definition) is 5. The van der Waals surface area contributed by atoms with Crippen molar-refractivity contribution in [2.45, 2.75) is 59.1 Å². The van der Waals surface area contributed by atoms with Gasteiger partial charge in [0.15, 0.2) is 0 Å². The maximum absolute atomic E-state index is 13.2. The molecule has 1 aliphatic carbocycles. The van der Waals surface area contributed by atoms with Crippen molar-refractivity contribution < 1.29 is 9.53 Å². The van der Waals surface area contributed by atoms with Crippen molar-refractivity contribution in [2.75, 3.05) is 0 Å². The summed E-state index contributed by atoms with van der Waals surface area (Å²) in [5.41, 5.74) is 4.01. The number of thiophene rings is 1. The van der Waals surface area contributed by atoms with Crippen molar-refractivity contribution in [1.29, 1.82) is 0 Å². The quantitative estimate of drug-likeness (QED) is 0.576. The Bertz CT molecular complexity index is 1110. The van der Waals surface area contributed by atoms with Crippen LogP contribution in [0.25, 0.3) is 21.3 Å². The number of ether oxygens (including phenoxy) is 1. The van der Waals surface area contributed by atoms with E-state index in [0.717, 1.165) is 36.0 Å². The molecular weight excluding hydrogens is 384 g/mol. The molecule has 0 spiro atoms. The molecule has 5 nitrogen and oxygen atoms in total. The van der Waals surface area contributed by atoms with Gasteiger partial charge in [-0.2, -0.15) is 0 Å². The third-order valence-electron chi connectivity index (χ3n) is 5.72. The van der Waals surface area contributed by atoms with Crippen LogP contribution < -0.4 is 5.56 Å². The number of esters is 1. The van der Waals surface area contributed by atoms with E-state index in [-0.39, 0.29) is 24.2 Å². The van der Waals surface area contributed by atoms with Crippen LogP contribution in [-0.2, 0) is 16.1 Å². The minimum Gasteiger partial charge on any atom is -0.461 e. The Morgan fingerprint density at radius 1 is 1.28 bits per heavy atom. The molecule has 1 saturated carbocycles. The zero-order valence-electron chi connectivity index (χ0n) is 17.1. The first-order valence-electron chi connectivity index (χ1n) is 10.2. The minimum absolute atomic E-state index is 0.0365. The van der Waals surface area contributed by atoms with Crippen molar-refractivity contribution in [3.8, 4) is 11.1 Å². The van der Waals surface area contributed by atoms with Crippen LogP contribution in [0, 0.1) is 19.8 Å². The Morgan fingerprint density at radius 2 is 2.10 bits per heavy atom. The van der Waals surface area contributed by atoms with Crippen LogP contribution in [-0.4, -0.2) is 21.6 Å². The molecule has 0 aliphatic heterocycles. The number of hydrogen-bond donors (Lipinski definition) is 0. The first-order valence-corrected chi connectivity index (χ1v) is 11.0. The molecule has 1 aromatic carbocycles. The van der Waals surface area contributed by atoms with Crippen molar-refractivity contribution in [3.63, 3.8) is 0 Å². The average Bonchev–Trinajstić information content (AvgIpc) is 3.08. The molecule has 0 saturated heterocycles. The fourth-order valence-electron chi connectivity index (χ4n) is 4.24. The van der Waals surface area contributed by atoms with E-state index in [9.17, 15) is 9.59 Å². The lowest BCUT2D eigenvalue weighted by atomic mass is 9.89. The molecule has 0 bridgehead atoms. The number of benzene rings is 1. The molecule has 0 unspecified atom stereocenters. The standard InChI is InChI=1S/C23H26N2O3S/c1-14-5-4-6-17(10-14)28-20(26)11-25-13-24-22-21(23(25)27)19(12-29-22)18-8-7-15(2)9-16(18)3/h7-9,12-14,17H,4-6,10-11H2,1-3H3/t14-,17+/m1/s1. The summed E-state index contributed by atoms with van der Waals surface area (Å²) in [7, 11) is 0. The van der Waals surface area contributed by atoms with Gasteiger partial charge in [-0.25, -0.2) is 4.98 Å². The SMILES string of the molecule is Cc1ccc(-c2csc3ncn(CC(=O)O[C@H]4CCC[C@@H](C)C4)c(=O)c23)c(C)c1. The topological polar surface area (TPSA) is 61.2 Å². The van der Waals surface area contributed by atoms with Crippen LogP contribution in [0.4, 0.5) is 0 Å². The predicted molar refractivity (Wildman–Crippen MR) is 116 cm³/mol. The normalized spacial score (nSPS) is 19.4. The van der Waals surface area contributed by atoms with Gasteiger partial charge >= 0.3 is 5.97 Å². The van der Waals surface area contributed by atoms with Gasteiger partial charge in [0.2, 0.25) is 0 Å². The van der Waals surface area contributed by atoms with E-state index < -0.39 is 0 Å². The number of carbonyl (C=O) groups excluding carboxylic acids is 1. The van der Waals surface area contributed by atoms with E-state index >= 15 is 0 Å². The van der Waals surface area contributed by atoms with Crippen LogP contribution in [0.2, 0.25) is 0 Å². The summed E-state index contributed by atoms with van der Waals surface area (Å²) in [5.74, 6) is 0.212. The highest BCUT2D eigenvalue weighted by molar-refractivity contribution is 7.17. The molecule has 4 rings (SSSR count). The van der Waals surface area contributed by atoms with Crippen LogP contribution in [0.3, 0.4) is 0 Å². The Hall–Kier alpha value is -2.47. The summed E-state index contributed by atoms with van der Waals surface area (Å²) >= 11 is 1.45. The van der Waals surface area contributed by atoms with Gasteiger partial charge in [0.05, 0.1) is 11.7 Å². The fraction of sp³-hybridized carbons (Fsp3) is 0.435. The van der Waals surface area contributed by atoms with Crippen LogP contribution in [0.15, 0.2) is 34.7 Å². The second-order valence-corrected chi connectivity index (χ2v) is 9.07. The average molecular weight is 411 g/mol. The highest BCUT2D eigenvalue weighted by Gasteiger charge is 2.23. The van der Waals surface area contributed by atoms with Gasteiger partial charge in [0.1, 0.15) is 17.5 Å². The molecule has 6 heteroatoms. The first-order chi connectivity index (χ1) is 13.9. The number of carbonyl (C=O) groups is 1. The Morgan fingerprint density at radius 3 is 2.86 bits per heavy atom. The maximum Gasteiger partial charge on any atom is 0.326 e. The number of nitrogens with zero attached hydrogens (tertiary/aromatic N) is 2. The first kappa shape index (κ1) is 19.8. The van der Waals surface area contributed by atoms with E-state index in [4.69, 9.17) is 4.74 Å². The molecular formula is C23H26N2O3S. The third kappa shape index (κ3) is 4.13. The molecule has 2 aromatic heterocycles. The Kier molecular flexibility index (Phi) is 5.54. The fourth-order valence-corrected chi connectivity index (χ4v) is 5.14. The summed E-state index contributed by atoms with van der Waals surface area (Å²) in [4.78, 5) is 30.7. The zero-order chi connectivity index (χ0) is 20.5. The molecule has 2 atom stereocenters. The van der Waals surface area contributed by atoms with Gasteiger partial charge in [-0.3, -0.25) is 14.2 Å². The van der Waals surface area contributed by atoms with Gasteiger partial charge in [-0.05, 0) is 50.2 Å². The predicted octanol–water partition coefficient (Wildman–Crippen LogP) is 4.86. The molecule has 0 amide bonds. The lowest BCUT2D eigenvalue weighted by Gasteiger charge is -2.26. The highest BCUT2D eigenvalue weighted by atomic mass is 32.1. The molecule has 152 valence electrons. The number of aryl methyl sites for hydroxylation is 2. The Balaban J connectivity index is 1.62. The molecule has 1 aliphatic rings.